The summed E-state index contributed by atoms with van der Waals surface area (Å²) >= 11 is 11.2. The first-order valence-electron chi connectivity index (χ1n) is 2.72. The molecular weight excluding hydrogens is 187 g/mol. The standard InChI is InChI=1S/C6H4Cl2N2O/c7-5-3-9-6(8)1-4(5)2-10-11/h1-3,11H/b10-2-. The lowest BCUT2D eigenvalue weighted by molar-refractivity contribution is 0.322. The van der Waals surface area contributed by atoms with Gasteiger partial charge in [-0.15, -0.1) is 0 Å². The first-order chi connectivity index (χ1) is 5.24. The van der Waals surface area contributed by atoms with Crippen molar-refractivity contribution in [2.24, 2.45) is 5.16 Å². The molecule has 1 rings (SSSR count). The van der Waals surface area contributed by atoms with Crippen LogP contribution in [0.3, 0.4) is 0 Å². The maximum Gasteiger partial charge on any atom is 0.129 e. The zero-order chi connectivity index (χ0) is 8.27. The molecule has 1 aromatic heterocycles. The summed E-state index contributed by atoms with van der Waals surface area (Å²) in [6.45, 7) is 0. The summed E-state index contributed by atoms with van der Waals surface area (Å²) in [7, 11) is 0. The average molecular weight is 191 g/mol. The number of hydrogen-bond donors (Lipinski definition) is 1. The molecule has 1 aromatic rings. The highest BCUT2D eigenvalue weighted by atomic mass is 35.5. The molecule has 58 valence electrons. The number of hydrogen-bond acceptors (Lipinski definition) is 3. The van der Waals surface area contributed by atoms with Crippen LogP contribution in [0.4, 0.5) is 0 Å². The van der Waals surface area contributed by atoms with E-state index in [1.165, 1.54) is 18.5 Å². The van der Waals surface area contributed by atoms with Crippen LogP contribution in [0.15, 0.2) is 17.4 Å². The molecule has 0 amide bonds. The molecule has 11 heavy (non-hydrogen) atoms. The van der Waals surface area contributed by atoms with Gasteiger partial charge in [0.2, 0.25) is 0 Å². The lowest BCUT2D eigenvalue weighted by atomic mass is 10.3. The van der Waals surface area contributed by atoms with Gasteiger partial charge in [-0.3, -0.25) is 0 Å². The van der Waals surface area contributed by atoms with E-state index in [9.17, 15) is 0 Å². The van der Waals surface area contributed by atoms with E-state index in [1.807, 2.05) is 0 Å². The van der Waals surface area contributed by atoms with Crippen molar-refractivity contribution in [1.82, 2.24) is 4.98 Å². The smallest absolute Gasteiger partial charge is 0.129 e. The van der Waals surface area contributed by atoms with Gasteiger partial charge >= 0.3 is 0 Å². The SMILES string of the molecule is O/N=C\c1cc(Cl)ncc1Cl. The van der Waals surface area contributed by atoms with Gasteiger partial charge in [0.15, 0.2) is 0 Å². The molecule has 1 N–H and O–H groups in total. The fraction of sp³-hybridized carbons (Fsp3) is 0. The van der Waals surface area contributed by atoms with Crippen molar-refractivity contribution < 1.29 is 5.21 Å². The molecule has 0 aliphatic carbocycles. The van der Waals surface area contributed by atoms with Gasteiger partial charge in [0.25, 0.3) is 0 Å². The Labute approximate surface area is 73.3 Å². The second-order valence-corrected chi connectivity index (χ2v) is 2.57. The van der Waals surface area contributed by atoms with Crippen LogP contribution in [0.25, 0.3) is 0 Å². The number of nitrogens with zero attached hydrogens (tertiary/aromatic N) is 2. The number of oxime groups is 1. The fourth-order valence-electron chi connectivity index (χ4n) is 0.589. The van der Waals surface area contributed by atoms with E-state index in [0.29, 0.717) is 15.7 Å². The van der Waals surface area contributed by atoms with Crippen LogP contribution in [0.1, 0.15) is 5.56 Å². The van der Waals surface area contributed by atoms with E-state index in [2.05, 4.69) is 10.1 Å². The highest BCUT2D eigenvalue weighted by Crippen LogP contribution is 2.15. The molecule has 0 radical (unpaired) electrons. The van der Waals surface area contributed by atoms with Crippen LogP contribution in [0, 0.1) is 0 Å². The van der Waals surface area contributed by atoms with Gasteiger partial charge in [0.1, 0.15) is 5.15 Å². The van der Waals surface area contributed by atoms with Crippen molar-refractivity contribution in [3.8, 4) is 0 Å². The monoisotopic (exact) mass is 190 g/mol. The molecule has 0 unspecified atom stereocenters. The average Bonchev–Trinajstić information content (AvgIpc) is 1.98. The third kappa shape index (κ3) is 2.06. The van der Waals surface area contributed by atoms with Gasteiger partial charge in [-0.25, -0.2) is 4.98 Å². The molecule has 0 saturated carbocycles. The lowest BCUT2D eigenvalue weighted by Crippen LogP contribution is -1.85. The largest absolute Gasteiger partial charge is 0.411 e. The van der Waals surface area contributed by atoms with Gasteiger partial charge in [-0.1, -0.05) is 28.4 Å². The molecule has 0 bridgehead atoms. The number of aromatic nitrogens is 1. The first kappa shape index (κ1) is 8.30. The third-order valence-electron chi connectivity index (χ3n) is 1.05. The van der Waals surface area contributed by atoms with Gasteiger partial charge < -0.3 is 5.21 Å². The van der Waals surface area contributed by atoms with Crippen LogP contribution in [0.5, 0.6) is 0 Å². The highest BCUT2D eigenvalue weighted by Gasteiger charge is 1.98. The molecule has 0 aliphatic rings. The van der Waals surface area contributed by atoms with E-state index in [4.69, 9.17) is 28.4 Å². The third-order valence-corrected chi connectivity index (χ3v) is 1.57. The summed E-state index contributed by atoms with van der Waals surface area (Å²) in [4.78, 5) is 3.71. The Balaban J connectivity index is 3.12. The Bertz CT molecular complexity index is 288. The molecule has 0 saturated heterocycles. The summed E-state index contributed by atoms with van der Waals surface area (Å²) < 4.78 is 0. The Morgan fingerprint density at radius 2 is 2.27 bits per heavy atom. The van der Waals surface area contributed by atoms with E-state index in [0.717, 1.165) is 0 Å². The van der Waals surface area contributed by atoms with Crippen molar-refractivity contribution in [2.75, 3.05) is 0 Å². The maximum atomic E-state index is 8.18. The first-order valence-corrected chi connectivity index (χ1v) is 3.48. The summed E-state index contributed by atoms with van der Waals surface area (Å²) in [5, 5.41) is 11.7. The zero-order valence-corrected chi connectivity index (χ0v) is 6.84. The quantitative estimate of drug-likeness (QED) is 0.320. The summed E-state index contributed by atoms with van der Waals surface area (Å²) in [6.07, 6.45) is 2.58. The van der Waals surface area contributed by atoms with Crippen LogP contribution in [-0.2, 0) is 0 Å². The van der Waals surface area contributed by atoms with Crippen molar-refractivity contribution in [3.63, 3.8) is 0 Å². The minimum Gasteiger partial charge on any atom is -0.411 e. The summed E-state index contributed by atoms with van der Waals surface area (Å²) in [5.74, 6) is 0. The molecule has 0 aliphatic heterocycles. The molecule has 0 fully saturated rings. The van der Waals surface area contributed by atoms with Crippen molar-refractivity contribution >= 4 is 29.4 Å². The van der Waals surface area contributed by atoms with Crippen molar-refractivity contribution in [2.45, 2.75) is 0 Å². The van der Waals surface area contributed by atoms with Gasteiger partial charge in [-0.05, 0) is 6.07 Å². The summed E-state index contributed by atoms with van der Waals surface area (Å²) in [6, 6.07) is 1.50. The van der Waals surface area contributed by atoms with E-state index in [-0.39, 0.29) is 0 Å². The van der Waals surface area contributed by atoms with Crippen LogP contribution < -0.4 is 0 Å². The molecule has 5 heteroatoms. The van der Waals surface area contributed by atoms with E-state index >= 15 is 0 Å². The maximum absolute atomic E-state index is 8.18. The second-order valence-electron chi connectivity index (χ2n) is 1.77. The molecule has 0 atom stereocenters. The summed E-state index contributed by atoms with van der Waals surface area (Å²) in [5.41, 5.74) is 0.536. The Hall–Kier alpha value is -0.800. The fourth-order valence-corrected chi connectivity index (χ4v) is 0.907. The zero-order valence-electron chi connectivity index (χ0n) is 5.33. The minimum atomic E-state index is 0.310. The van der Waals surface area contributed by atoms with E-state index in [1.54, 1.807) is 0 Å². The molecule has 0 spiro atoms. The number of rotatable bonds is 1. The topological polar surface area (TPSA) is 45.5 Å². The van der Waals surface area contributed by atoms with Gasteiger partial charge in [0, 0.05) is 11.8 Å². The minimum absolute atomic E-state index is 0.310. The van der Waals surface area contributed by atoms with Gasteiger partial charge in [0.05, 0.1) is 11.2 Å². The van der Waals surface area contributed by atoms with Crippen LogP contribution in [0.2, 0.25) is 10.2 Å². The Morgan fingerprint density at radius 3 is 2.91 bits per heavy atom. The molecule has 0 aromatic carbocycles. The van der Waals surface area contributed by atoms with Gasteiger partial charge in [-0.2, -0.15) is 0 Å². The van der Waals surface area contributed by atoms with Crippen LogP contribution in [-0.4, -0.2) is 16.4 Å². The van der Waals surface area contributed by atoms with Crippen LogP contribution >= 0.6 is 23.2 Å². The highest BCUT2D eigenvalue weighted by molar-refractivity contribution is 6.34. The van der Waals surface area contributed by atoms with Crippen molar-refractivity contribution in [1.29, 1.82) is 0 Å². The molecule has 3 nitrogen and oxygen atoms in total. The lowest BCUT2D eigenvalue weighted by Gasteiger charge is -1.94. The normalized spacial score (nSPS) is 10.7. The second kappa shape index (κ2) is 3.55. The molecule has 1 heterocycles. The Kier molecular flexibility index (Phi) is 2.68. The number of pyridine rings is 1. The predicted molar refractivity (Wildman–Crippen MR) is 43.6 cm³/mol. The predicted octanol–water partition coefficient (Wildman–Crippen LogP) is 2.20. The molecular formula is C6H4Cl2N2O. The Morgan fingerprint density at radius 1 is 1.55 bits per heavy atom. The van der Waals surface area contributed by atoms with E-state index < -0.39 is 0 Å². The van der Waals surface area contributed by atoms with Crippen molar-refractivity contribution in [3.05, 3.63) is 28.0 Å². The number of halogens is 2.